The van der Waals surface area contributed by atoms with Crippen LogP contribution in [0.3, 0.4) is 0 Å². The summed E-state index contributed by atoms with van der Waals surface area (Å²) < 4.78 is 45.3. The first-order chi connectivity index (χ1) is 9.38. The molecule has 0 aromatic carbocycles. The molecule has 0 rings (SSSR count). The molecule has 0 N–H and O–H groups in total. The molecular formula is C11H23NO6P2. The second-order valence-electron chi connectivity index (χ2n) is 3.69. The quantitative estimate of drug-likeness (QED) is 0.426. The topological polar surface area (TPSA) is 74.3 Å². The molecular weight excluding hydrogens is 304 g/mol. The van der Waals surface area contributed by atoms with Crippen molar-refractivity contribution < 1.29 is 27.2 Å². The molecule has 0 atom stereocenters. The van der Waals surface area contributed by atoms with E-state index in [0.717, 1.165) is 0 Å². The lowest BCUT2D eigenvalue weighted by molar-refractivity contribution is 0.199. The van der Waals surface area contributed by atoms with Crippen LogP contribution in [0.25, 0.3) is 0 Å². The molecule has 0 heterocycles. The van der Waals surface area contributed by atoms with E-state index in [1.165, 1.54) is 28.4 Å². The van der Waals surface area contributed by atoms with E-state index in [1.807, 2.05) is 0 Å². The van der Waals surface area contributed by atoms with Crippen LogP contribution in [0, 0.1) is 0 Å². The molecule has 0 aliphatic rings. The maximum atomic E-state index is 12.7. The average molecular weight is 327 g/mol. The van der Waals surface area contributed by atoms with Crippen LogP contribution in [0.1, 0.15) is 0 Å². The number of rotatable bonds is 11. The molecule has 0 aromatic heterocycles. The Morgan fingerprint density at radius 2 is 1.20 bits per heavy atom. The Morgan fingerprint density at radius 3 is 1.40 bits per heavy atom. The molecule has 0 unspecified atom stereocenters. The van der Waals surface area contributed by atoms with Gasteiger partial charge in [0.1, 0.15) is 0 Å². The van der Waals surface area contributed by atoms with Crippen molar-refractivity contribution >= 4 is 15.2 Å². The lowest BCUT2D eigenvalue weighted by Crippen LogP contribution is -2.37. The minimum absolute atomic E-state index is 0.282. The Labute approximate surface area is 120 Å². The van der Waals surface area contributed by atoms with Gasteiger partial charge in [-0.1, -0.05) is 12.2 Å². The van der Waals surface area contributed by atoms with Crippen LogP contribution in [-0.2, 0) is 27.2 Å². The maximum Gasteiger partial charge on any atom is 0.359 e. The van der Waals surface area contributed by atoms with Gasteiger partial charge in [0.15, 0.2) is 0 Å². The Balaban J connectivity index is 5.90. The van der Waals surface area contributed by atoms with Crippen molar-refractivity contribution in [3.63, 3.8) is 0 Å². The molecule has 0 aliphatic heterocycles. The standard InChI is InChI=1S/C11H23NO6P2/c1-7-9-12(10-8-2)11(19(13,15-3)16-4)20(14,17-5)18-6/h7-8,11H,1-2,9-10H2,3-6H3. The molecule has 0 saturated carbocycles. The van der Waals surface area contributed by atoms with E-state index in [2.05, 4.69) is 13.2 Å². The highest BCUT2D eigenvalue weighted by Gasteiger charge is 2.52. The minimum atomic E-state index is -3.74. The summed E-state index contributed by atoms with van der Waals surface area (Å²) in [6, 6.07) is 0. The second kappa shape index (κ2) is 8.90. The second-order valence-corrected chi connectivity index (χ2v) is 8.69. The van der Waals surface area contributed by atoms with E-state index in [9.17, 15) is 9.13 Å². The van der Waals surface area contributed by atoms with Gasteiger partial charge in [-0.15, -0.1) is 13.2 Å². The average Bonchev–Trinajstić information content (AvgIpc) is 2.47. The SMILES string of the molecule is C=CCN(CC=C)C(P(=O)(OC)OC)P(=O)(OC)OC. The third-order valence-corrected chi connectivity index (χ3v) is 8.15. The van der Waals surface area contributed by atoms with Crippen LogP contribution in [0.5, 0.6) is 0 Å². The zero-order chi connectivity index (χ0) is 15.8. The maximum absolute atomic E-state index is 12.7. The largest absolute Gasteiger partial charge is 0.359 e. The molecule has 7 nitrogen and oxygen atoms in total. The molecule has 0 fully saturated rings. The van der Waals surface area contributed by atoms with Crippen molar-refractivity contribution in [1.29, 1.82) is 0 Å². The van der Waals surface area contributed by atoms with Gasteiger partial charge in [-0.25, -0.2) is 0 Å². The van der Waals surface area contributed by atoms with Crippen LogP contribution in [0.15, 0.2) is 25.3 Å². The van der Waals surface area contributed by atoms with Gasteiger partial charge < -0.3 is 18.1 Å². The lowest BCUT2D eigenvalue weighted by Gasteiger charge is -2.36. The highest BCUT2D eigenvalue weighted by molar-refractivity contribution is 7.72. The Kier molecular flexibility index (Phi) is 8.79. The van der Waals surface area contributed by atoms with Crippen LogP contribution < -0.4 is 0 Å². The first-order valence-electron chi connectivity index (χ1n) is 5.77. The van der Waals surface area contributed by atoms with Crippen LogP contribution >= 0.6 is 15.2 Å². The van der Waals surface area contributed by atoms with Gasteiger partial charge in [0, 0.05) is 41.5 Å². The zero-order valence-corrected chi connectivity index (χ0v) is 14.1. The summed E-state index contributed by atoms with van der Waals surface area (Å²) in [6.45, 7) is 7.79. The van der Waals surface area contributed by atoms with Gasteiger partial charge in [0.05, 0.1) is 0 Å². The molecule has 0 aromatic rings. The Hall–Kier alpha value is -0.260. The summed E-state index contributed by atoms with van der Waals surface area (Å²) in [4.78, 5) is 1.56. The van der Waals surface area contributed by atoms with E-state index >= 15 is 0 Å². The van der Waals surface area contributed by atoms with E-state index in [0.29, 0.717) is 0 Å². The fourth-order valence-electron chi connectivity index (χ4n) is 1.69. The van der Waals surface area contributed by atoms with Gasteiger partial charge in [-0.05, 0) is 0 Å². The first kappa shape index (κ1) is 19.7. The van der Waals surface area contributed by atoms with Crippen LogP contribution in [0.2, 0.25) is 0 Å². The van der Waals surface area contributed by atoms with E-state index in [-0.39, 0.29) is 13.1 Å². The highest BCUT2D eigenvalue weighted by Crippen LogP contribution is 2.70. The highest BCUT2D eigenvalue weighted by atomic mass is 31.2. The van der Waals surface area contributed by atoms with E-state index in [1.54, 1.807) is 17.1 Å². The number of hydrogen-bond donors (Lipinski definition) is 0. The van der Waals surface area contributed by atoms with Crippen molar-refractivity contribution in [2.75, 3.05) is 41.5 Å². The molecule has 0 bridgehead atoms. The molecule has 118 valence electrons. The first-order valence-corrected chi connectivity index (χ1v) is 8.99. The third-order valence-electron chi connectivity index (χ3n) is 2.64. The van der Waals surface area contributed by atoms with Crippen molar-refractivity contribution in [1.82, 2.24) is 4.90 Å². The zero-order valence-electron chi connectivity index (χ0n) is 12.4. The smallest absolute Gasteiger partial charge is 0.310 e. The molecule has 9 heteroatoms. The fourth-order valence-corrected chi connectivity index (χ4v) is 6.44. The number of hydrogen-bond acceptors (Lipinski definition) is 7. The molecule has 0 saturated heterocycles. The van der Waals surface area contributed by atoms with Crippen LogP contribution in [-0.4, -0.2) is 52.0 Å². The summed E-state index contributed by atoms with van der Waals surface area (Å²) in [5, 5.41) is 0. The summed E-state index contributed by atoms with van der Waals surface area (Å²) in [5.41, 5.74) is -1.21. The van der Waals surface area contributed by atoms with E-state index in [4.69, 9.17) is 18.1 Å². The van der Waals surface area contributed by atoms with Gasteiger partial charge in [0.25, 0.3) is 0 Å². The summed E-state index contributed by atoms with van der Waals surface area (Å²) in [5.74, 6) is 0. The fraction of sp³-hybridized carbons (Fsp3) is 0.636. The molecule has 0 amide bonds. The van der Waals surface area contributed by atoms with Crippen LogP contribution in [0.4, 0.5) is 0 Å². The van der Waals surface area contributed by atoms with Crippen molar-refractivity contribution in [2.45, 2.75) is 5.52 Å². The summed E-state index contributed by atoms with van der Waals surface area (Å²) in [6.07, 6.45) is 3.14. The Morgan fingerprint density at radius 1 is 0.900 bits per heavy atom. The lowest BCUT2D eigenvalue weighted by atomic mass is 10.5. The van der Waals surface area contributed by atoms with Crippen molar-refractivity contribution in [3.05, 3.63) is 25.3 Å². The minimum Gasteiger partial charge on any atom is -0.310 e. The predicted octanol–water partition coefficient (Wildman–Crippen LogP) is 2.92. The Bertz CT molecular complexity index is 362. The molecule has 0 spiro atoms. The van der Waals surface area contributed by atoms with Crippen molar-refractivity contribution in [2.24, 2.45) is 0 Å². The monoisotopic (exact) mass is 327 g/mol. The van der Waals surface area contributed by atoms with E-state index < -0.39 is 20.7 Å². The van der Waals surface area contributed by atoms with Gasteiger partial charge in [0.2, 0.25) is 5.52 Å². The normalized spacial score (nSPS) is 12.9. The predicted molar refractivity (Wildman–Crippen MR) is 79.0 cm³/mol. The molecule has 0 aliphatic carbocycles. The summed E-state index contributed by atoms with van der Waals surface area (Å²) in [7, 11) is -2.63. The van der Waals surface area contributed by atoms with Crippen molar-refractivity contribution in [3.8, 4) is 0 Å². The molecule has 0 radical (unpaired) electrons. The van der Waals surface area contributed by atoms with Gasteiger partial charge in [-0.3, -0.25) is 14.0 Å². The third kappa shape index (κ3) is 4.37. The van der Waals surface area contributed by atoms with Gasteiger partial charge in [-0.2, -0.15) is 0 Å². The number of nitrogens with zero attached hydrogens (tertiary/aromatic N) is 1. The summed E-state index contributed by atoms with van der Waals surface area (Å²) >= 11 is 0. The van der Waals surface area contributed by atoms with Gasteiger partial charge >= 0.3 is 15.2 Å². The molecule has 20 heavy (non-hydrogen) atoms.